The monoisotopic (exact) mass is 708 g/mol. The Hall–Kier alpha value is -4.07. The number of nitriles is 1. The Morgan fingerprint density at radius 3 is 2.04 bits per heavy atom. The number of fused-ring (bicyclic) bond motifs is 1. The molecule has 18 heteroatoms. The number of nitrogens with two attached hydrogens (primary N) is 1. The van der Waals surface area contributed by atoms with Crippen molar-refractivity contribution in [1.29, 1.82) is 5.26 Å². The summed E-state index contributed by atoms with van der Waals surface area (Å²) in [6.45, 7) is 11.5. The Balaban J connectivity index is 2.10. The van der Waals surface area contributed by atoms with Crippen molar-refractivity contribution >= 4 is 42.8 Å². The van der Waals surface area contributed by atoms with Gasteiger partial charge in [0.2, 0.25) is 5.60 Å². The van der Waals surface area contributed by atoms with Gasteiger partial charge in [0.25, 0.3) is 0 Å². The van der Waals surface area contributed by atoms with E-state index in [9.17, 15) is 29.0 Å². The van der Waals surface area contributed by atoms with E-state index in [2.05, 4.69) is 15.3 Å². The van der Waals surface area contributed by atoms with Crippen molar-refractivity contribution in [3.8, 4) is 6.07 Å². The van der Waals surface area contributed by atoms with Gasteiger partial charge >= 0.3 is 31.5 Å². The van der Waals surface area contributed by atoms with Crippen LogP contribution in [0, 0.1) is 11.3 Å². The summed E-state index contributed by atoms with van der Waals surface area (Å²) in [5.41, 5.74) is 5.01. The van der Waals surface area contributed by atoms with Gasteiger partial charge in [0, 0.05) is 19.0 Å². The average molecular weight is 709 g/mol. The van der Waals surface area contributed by atoms with E-state index in [0.29, 0.717) is 16.9 Å². The summed E-state index contributed by atoms with van der Waals surface area (Å²) in [6.07, 6.45) is -4.03. The number of esters is 4. The molecule has 0 amide bonds. The highest BCUT2D eigenvalue weighted by Crippen LogP contribution is 2.48. The molecule has 1 fully saturated rings. The summed E-state index contributed by atoms with van der Waals surface area (Å²) in [4.78, 5) is 50.8. The molecule has 0 bridgehead atoms. The lowest BCUT2D eigenvalue weighted by Gasteiger charge is -2.31. The van der Waals surface area contributed by atoms with Gasteiger partial charge in [-0.3, -0.25) is 23.7 Å². The quantitative estimate of drug-likeness (QED) is 0.129. The van der Waals surface area contributed by atoms with Crippen LogP contribution in [0.3, 0.4) is 0 Å². The van der Waals surface area contributed by atoms with Crippen LogP contribution in [0.25, 0.3) is 5.52 Å². The van der Waals surface area contributed by atoms with E-state index < -0.39 is 86.4 Å². The van der Waals surface area contributed by atoms with Crippen LogP contribution in [0.5, 0.6) is 0 Å². The Kier molecular flexibility index (Phi) is 13.3. The van der Waals surface area contributed by atoms with Crippen molar-refractivity contribution < 1.29 is 52.0 Å². The molecule has 2 aromatic rings. The first-order chi connectivity index (χ1) is 23.0. The molecule has 2 aromatic heterocycles. The van der Waals surface area contributed by atoms with E-state index in [4.69, 9.17) is 33.9 Å². The molecule has 0 saturated carbocycles. The zero-order chi connectivity index (χ0) is 36.7. The van der Waals surface area contributed by atoms with E-state index >= 15 is 0 Å². The van der Waals surface area contributed by atoms with Crippen LogP contribution in [0.1, 0.15) is 80.0 Å². The number of hydrogen-bond donors (Lipinski definition) is 3. The predicted molar refractivity (Wildman–Crippen MR) is 173 cm³/mol. The van der Waals surface area contributed by atoms with Crippen LogP contribution in [0.4, 0.5) is 5.69 Å². The van der Waals surface area contributed by atoms with Gasteiger partial charge in [-0.1, -0.05) is 13.8 Å². The van der Waals surface area contributed by atoms with Crippen molar-refractivity contribution in [3.63, 3.8) is 0 Å². The Labute approximate surface area is 284 Å². The second kappa shape index (κ2) is 16.6. The predicted octanol–water partition coefficient (Wildman–Crippen LogP) is 2.88. The van der Waals surface area contributed by atoms with E-state index in [1.807, 2.05) is 6.07 Å². The number of aromatic nitrogens is 2. The van der Waals surface area contributed by atoms with Gasteiger partial charge in [-0.15, -0.1) is 0 Å². The lowest BCUT2D eigenvalue weighted by molar-refractivity contribution is -0.169. The van der Waals surface area contributed by atoms with Crippen LogP contribution >= 0.6 is 7.67 Å². The molecule has 49 heavy (non-hydrogen) atoms. The fourth-order valence-corrected chi connectivity index (χ4v) is 6.68. The zero-order valence-corrected chi connectivity index (χ0v) is 29.7. The zero-order valence-electron chi connectivity index (χ0n) is 28.8. The number of rotatable bonds is 16. The highest BCUT2D eigenvalue weighted by Gasteiger charge is 2.62. The minimum Gasteiger partial charge on any atom is -0.462 e. The molecule has 1 aliphatic heterocycles. The summed E-state index contributed by atoms with van der Waals surface area (Å²) in [7, 11) is -4.50. The fraction of sp³-hybridized carbons (Fsp3) is 0.613. The first-order valence-corrected chi connectivity index (χ1v) is 17.5. The smallest absolute Gasteiger partial charge is 0.342 e. The molecule has 17 nitrogen and oxygen atoms in total. The van der Waals surface area contributed by atoms with Gasteiger partial charge in [0.05, 0.1) is 29.1 Å². The third kappa shape index (κ3) is 9.55. The lowest BCUT2D eigenvalue weighted by Crippen LogP contribution is -2.50. The Morgan fingerprint density at radius 1 is 0.980 bits per heavy atom. The number of carbonyl (C=O) groups is 4. The molecular formula is C31H45N6O11P. The van der Waals surface area contributed by atoms with E-state index in [0.717, 1.165) is 0 Å². The van der Waals surface area contributed by atoms with Crippen LogP contribution in [-0.2, 0) is 52.0 Å². The summed E-state index contributed by atoms with van der Waals surface area (Å²) in [6, 6.07) is 4.33. The normalized spacial score (nSPS) is 22.0. The van der Waals surface area contributed by atoms with Crippen molar-refractivity contribution in [1.82, 2.24) is 19.8 Å². The summed E-state index contributed by atoms with van der Waals surface area (Å²) in [5, 5.41) is 20.1. The maximum Gasteiger partial charge on any atom is 0.342 e. The third-order valence-electron chi connectivity index (χ3n) is 7.19. The molecular weight excluding hydrogens is 663 g/mol. The van der Waals surface area contributed by atoms with Crippen LogP contribution in [0.15, 0.2) is 24.4 Å². The molecule has 0 aliphatic carbocycles. The fourth-order valence-electron chi connectivity index (χ4n) is 4.85. The number of nitrogens with zero attached hydrogens (tertiary/aromatic N) is 3. The number of nitrogen functional groups attached to an aromatic ring is 1. The standard InChI is InChI=1S/C31H45N6O11P/c1-9-24(38)46-27-26(23-12-11-22-21(33)13-14-34-37(22)23)48-31(15-32,28(27)47-25(39)10-2)16-43-49(42,35-19(7)29(40)44-17(3)4)36-20(8)30(41)45-18(5)6/h11-14,17-20,26-28H,9-10,16,33H2,1-8H3,(H2,35,36,42)/t19-,20-,26-,27-,28-,31+/m0/s1. The second-order valence-corrected chi connectivity index (χ2v) is 13.8. The molecule has 3 heterocycles. The number of anilines is 1. The molecule has 0 radical (unpaired) electrons. The van der Waals surface area contributed by atoms with Gasteiger partial charge in [-0.25, -0.2) is 14.7 Å². The van der Waals surface area contributed by atoms with Gasteiger partial charge in [-0.2, -0.15) is 10.4 Å². The number of ether oxygens (including phenoxy) is 5. The minimum absolute atomic E-state index is 0.0639. The first-order valence-electron chi connectivity index (χ1n) is 15.9. The van der Waals surface area contributed by atoms with Crippen molar-refractivity contribution in [3.05, 3.63) is 30.1 Å². The second-order valence-electron chi connectivity index (χ2n) is 12.0. The first kappa shape index (κ1) is 39.4. The lowest BCUT2D eigenvalue weighted by atomic mass is 9.95. The third-order valence-corrected chi connectivity index (χ3v) is 9.14. The maximum atomic E-state index is 14.4. The SMILES string of the molecule is CCC(=O)O[C@H]1[C@H](c2ccc3c(N)ccnn23)O[C@](C#N)(COP(=O)(N[C@@H](C)C(=O)OC(C)C)N[C@@H](C)C(=O)OC(C)C)[C@H]1OC(=O)CC. The van der Waals surface area contributed by atoms with Gasteiger partial charge in [0.15, 0.2) is 12.2 Å². The highest BCUT2D eigenvalue weighted by molar-refractivity contribution is 7.54. The van der Waals surface area contributed by atoms with Gasteiger partial charge in [0.1, 0.15) is 30.9 Å². The molecule has 6 atom stereocenters. The Bertz CT molecular complexity index is 1570. The van der Waals surface area contributed by atoms with Crippen LogP contribution in [0.2, 0.25) is 0 Å². The van der Waals surface area contributed by atoms with Crippen molar-refractivity contribution in [2.75, 3.05) is 12.3 Å². The summed E-state index contributed by atoms with van der Waals surface area (Å²) < 4.78 is 49.9. The average Bonchev–Trinajstić information content (AvgIpc) is 3.59. The molecule has 0 unspecified atom stereocenters. The summed E-state index contributed by atoms with van der Waals surface area (Å²) in [5.74, 6) is -3.01. The summed E-state index contributed by atoms with van der Waals surface area (Å²) >= 11 is 0. The molecule has 270 valence electrons. The van der Waals surface area contributed by atoms with Gasteiger partial charge < -0.3 is 33.9 Å². The number of hydrogen-bond acceptors (Lipinski definition) is 14. The van der Waals surface area contributed by atoms with E-state index in [1.54, 1.807) is 52.8 Å². The number of nitrogens with one attached hydrogen (secondary N) is 2. The largest absolute Gasteiger partial charge is 0.462 e. The highest BCUT2D eigenvalue weighted by atomic mass is 31.2. The molecule has 4 N–H and O–H groups in total. The topological polar surface area (TPSA) is 232 Å². The molecule has 0 aromatic carbocycles. The van der Waals surface area contributed by atoms with Crippen LogP contribution in [-0.4, -0.2) is 82.2 Å². The Morgan fingerprint density at radius 2 is 1.53 bits per heavy atom. The molecule has 0 spiro atoms. The molecule has 1 saturated heterocycles. The molecule has 1 aliphatic rings. The minimum atomic E-state index is -4.50. The molecule has 3 rings (SSSR count). The maximum absolute atomic E-state index is 14.4. The van der Waals surface area contributed by atoms with Crippen molar-refractivity contribution in [2.45, 2.75) is 116 Å². The van der Waals surface area contributed by atoms with Crippen LogP contribution < -0.4 is 15.9 Å². The van der Waals surface area contributed by atoms with Gasteiger partial charge in [-0.05, 0) is 59.7 Å². The van der Waals surface area contributed by atoms with E-state index in [-0.39, 0.29) is 12.8 Å². The van der Waals surface area contributed by atoms with Crippen molar-refractivity contribution in [2.24, 2.45) is 0 Å². The van der Waals surface area contributed by atoms with E-state index in [1.165, 1.54) is 31.5 Å². The number of carbonyl (C=O) groups excluding carboxylic acids is 4.